The number of halogens is 2. The number of carbonyl (C=O) groups is 3. The van der Waals surface area contributed by atoms with Gasteiger partial charge in [-0.1, -0.05) is 105 Å². The molecule has 47 heavy (non-hydrogen) atoms. The van der Waals surface area contributed by atoms with Gasteiger partial charge in [0, 0.05) is 29.8 Å². The molecule has 244 valence electrons. The highest BCUT2D eigenvalue weighted by molar-refractivity contribution is 6.99. The zero-order chi connectivity index (χ0) is 34.0. The zero-order valence-electron chi connectivity index (χ0n) is 26.8. The van der Waals surface area contributed by atoms with Gasteiger partial charge in [0.15, 0.2) is 5.78 Å². The molecule has 2 amide bonds. The largest absolute Gasteiger partial charge is 0.403 e. The van der Waals surface area contributed by atoms with Crippen molar-refractivity contribution in [3.05, 3.63) is 118 Å². The van der Waals surface area contributed by atoms with Crippen molar-refractivity contribution in [1.82, 2.24) is 10.3 Å². The Kier molecular flexibility index (Phi) is 12.1. The maximum Gasteiger partial charge on any atom is 0.261 e. The molecule has 0 atom stereocenters. The number of amides is 2. The van der Waals surface area contributed by atoms with Gasteiger partial charge in [0.05, 0.1) is 30.4 Å². The third kappa shape index (κ3) is 9.17. The SMILES string of the molecule is CC(=O)Nc1ccc(C=CC(=O)NCC(=O)CNc2ccc(Cl)c(CO[Si](c3ccccc3)(c3ccccc3)C(C)(C)C)c2Cl)cn1. The first-order valence-corrected chi connectivity index (χ1v) is 17.7. The molecule has 0 radical (unpaired) electrons. The molecule has 3 aromatic carbocycles. The Labute approximate surface area is 286 Å². The van der Waals surface area contributed by atoms with Crippen molar-refractivity contribution in [2.75, 3.05) is 23.7 Å². The van der Waals surface area contributed by atoms with E-state index in [0.29, 0.717) is 32.7 Å². The fourth-order valence-corrected chi connectivity index (χ4v) is 10.3. The average molecular weight is 690 g/mol. The van der Waals surface area contributed by atoms with Gasteiger partial charge in [-0.3, -0.25) is 14.4 Å². The van der Waals surface area contributed by atoms with E-state index in [-0.39, 0.29) is 36.4 Å². The Bertz CT molecular complexity index is 1690. The lowest BCUT2D eigenvalue weighted by atomic mass is 10.2. The number of pyridine rings is 1. The number of nitrogens with one attached hydrogen (secondary N) is 3. The van der Waals surface area contributed by atoms with E-state index >= 15 is 0 Å². The Morgan fingerprint density at radius 3 is 2.06 bits per heavy atom. The van der Waals surface area contributed by atoms with Crippen LogP contribution < -0.4 is 26.3 Å². The standard InChI is InChI=1S/C36H38Cl2N4O4Si/c1-25(43)42-33-19-15-26(21-40-33)16-20-34(45)41-23-27(44)22-39-32-18-17-31(37)30(35(32)38)24-46-47(36(2,3)4,28-11-7-5-8-12-28)29-13-9-6-10-14-29/h5-21,39H,22-24H2,1-4H3,(H,41,45)(H,40,42,43). The van der Waals surface area contributed by atoms with Crippen LogP contribution in [0.2, 0.25) is 15.1 Å². The highest BCUT2D eigenvalue weighted by Gasteiger charge is 2.50. The normalized spacial score (nSPS) is 11.7. The molecule has 11 heteroatoms. The summed E-state index contributed by atoms with van der Waals surface area (Å²) < 4.78 is 7.04. The van der Waals surface area contributed by atoms with E-state index in [9.17, 15) is 14.4 Å². The third-order valence-electron chi connectivity index (χ3n) is 7.49. The number of rotatable bonds is 13. The number of aromatic nitrogens is 1. The number of Topliss-reactive ketones (excluding diaryl/α,β-unsaturated/α-hetero) is 1. The van der Waals surface area contributed by atoms with Crippen molar-refractivity contribution < 1.29 is 18.8 Å². The predicted molar refractivity (Wildman–Crippen MR) is 193 cm³/mol. The lowest BCUT2D eigenvalue weighted by Crippen LogP contribution is -2.66. The maximum absolute atomic E-state index is 12.6. The van der Waals surface area contributed by atoms with Crippen LogP contribution >= 0.6 is 23.2 Å². The van der Waals surface area contributed by atoms with Crippen molar-refractivity contribution in [2.45, 2.75) is 39.3 Å². The van der Waals surface area contributed by atoms with Crippen LogP contribution in [0.1, 0.15) is 38.8 Å². The van der Waals surface area contributed by atoms with Gasteiger partial charge in [-0.25, -0.2) is 4.98 Å². The second-order valence-corrected chi connectivity index (χ2v) is 17.0. The Morgan fingerprint density at radius 1 is 0.872 bits per heavy atom. The Hall–Kier alpha value is -4.28. The molecule has 0 unspecified atom stereocenters. The van der Waals surface area contributed by atoms with Crippen LogP contribution in [0.5, 0.6) is 0 Å². The molecule has 0 aliphatic heterocycles. The first-order valence-electron chi connectivity index (χ1n) is 15.1. The number of hydrogen-bond donors (Lipinski definition) is 3. The molecule has 0 saturated carbocycles. The molecule has 0 fully saturated rings. The number of ketones is 1. The molecule has 1 aromatic heterocycles. The monoisotopic (exact) mass is 688 g/mol. The van der Waals surface area contributed by atoms with E-state index in [1.807, 2.05) is 36.4 Å². The number of benzene rings is 3. The van der Waals surface area contributed by atoms with E-state index in [1.54, 1.807) is 30.3 Å². The second-order valence-electron chi connectivity index (χ2n) is 11.9. The van der Waals surface area contributed by atoms with Crippen LogP contribution in [0, 0.1) is 0 Å². The van der Waals surface area contributed by atoms with Gasteiger partial charge in [-0.05, 0) is 51.3 Å². The van der Waals surface area contributed by atoms with E-state index < -0.39 is 14.2 Å². The van der Waals surface area contributed by atoms with Crippen molar-refractivity contribution in [3.63, 3.8) is 0 Å². The van der Waals surface area contributed by atoms with Gasteiger partial charge < -0.3 is 20.4 Å². The van der Waals surface area contributed by atoms with Crippen LogP contribution in [0.25, 0.3) is 6.08 Å². The lowest BCUT2D eigenvalue weighted by Gasteiger charge is -2.43. The first-order chi connectivity index (χ1) is 22.4. The minimum Gasteiger partial charge on any atom is -0.403 e. The molecule has 1 heterocycles. The minimum atomic E-state index is -2.85. The van der Waals surface area contributed by atoms with Crippen molar-refractivity contribution in [1.29, 1.82) is 0 Å². The summed E-state index contributed by atoms with van der Waals surface area (Å²) >= 11 is 13.5. The summed E-state index contributed by atoms with van der Waals surface area (Å²) in [5, 5.41) is 11.1. The molecule has 0 saturated heterocycles. The van der Waals surface area contributed by atoms with Crippen LogP contribution in [0.3, 0.4) is 0 Å². The Balaban J connectivity index is 1.41. The summed E-state index contributed by atoms with van der Waals surface area (Å²) in [6.07, 6.45) is 4.39. The molecule has 4 aromatic rings. The van der Waals surface area contributed by atoms with E-state index in [2.05, 4.69) is 66.0 Å². The fourth-order valence-electron chi connectivity index (χ4n) is 5.24. The summed E-state index contributed by atoms with van der Waals surface area (Å²) in [5.41, 5.74) is 1.82. The van der Waals surface area contributed by atoms with E-state index in [1.165, 1.54) is 19.2 Å². The predicted octanol–water partition coefficient (Wildman–Crippen LogP) is 6.23. The highest BCUT2D eigenvalue weighted by atomic mass is 35.5. The van der Waals surface area contributed by atoms with Crippen LogP contribution in [0.4, 0.5) is 11.5 Å². The molecule has 0 aliphatic carbocycles. The fraction of sp³-hybridized carbons (Fsp3) is 0.222. The van der Waals surface area contributed by atoms with Gasteiger partial charge >= 0.3 is 0 Å². The lowest BCUT2D eigenvalue weighted by molar-refractivity contribution is -0.121. The molecule has 3 N–H and O–H groups in total. The van der Waals surface area contributed by atoms with Crippen LogP contribution in [-0.4, -0.2) is 44.0 Å². The molecular formula is C36H38Cl2N4O4Si. The first kappa shape index (κ1) is 35.6. The van der Waals surface area contributed by atoms with Crippen LogP contribution in [-0.2, 0) is 25.4 Å². The van der Waals surface area contributed by atoms with E-state index in [0.717, 1.165) is 10.4 Å². The zero-order valence-corrected chi connectivity index (χ0v) is 29.3. The Morgan fingerprint density at radius 2 is 1.51 bits per heavy atom. The maximum atomic E-state index is 12.6. The number of hydrogen-bond acceptors (Lipinski definition) is 6. The number of anilines is 2. The molecule has 8 nitrogen and oxygen atoms in total. The quantitative estimate of drug-likeness (QED) is 0.113. The second kappa shape index (κ2) is 16.0. The average Bonchev–Trinajstić information content (AvgIpc) is 3.04. The third-order valence-corrected chi connectivity index (χ3v) is 13.3. The molecule has 0 bridgehead atoms. The highest BCUT2D eigenvalue weighted by Crippen LogP contribution is 2.39. The van der Waals surface area contributed by atoms with Crippen molar-refractivity contribution in [3.8, 4) is 0 Å². The summed E-state index contributed by atoms with van der Waals surface area (Å²) in [4.78, 5) is 40.1. The van der Waals surface area contributed by atoms with Gasteiger partial charge in [-0.2, -0.15) is 0 Å². The minimum absolute atomic E-state index is 0.0606. The van der Waals surface area contributed by atoms with Gasteiger partial charge in [0.2, 0.25) is 11.8 Å². The molecule has 0 aliphatic rings. The smallest absolute Gasteiger partial charge is 0.261 e. The summed E-state index contributed by atoms with van der Waals surface area (Å²) in [6, 6.07) is 27.4. The van der Waals surface area contributed by atoms with Crippen LogP contribution in [0.15, 0.2) is 97.2 Å². The van der Waals surface area contributed by atoms with E-state index in [4.69, 9.17) is 27.6 Å². The van der Waals surface area contributed by atoms with Crippen molar-refractivity contribution in [2.24, 2.45) is 0 Å². The molecule has 0 spiro atoms. The molecule has 4 rings (SSSR count). The summed E-state index contributed by atoms with van der Waals surface area (Å²) in [6.45, 7) is 7.92. The van der Waals surface area contributed by atoms with Gasteiger partial charge in [-0.15, -0.1) is 0 Å². The number of nitrogens with zero attached hydrogens (tertiary/aromatic N) is 1. The van der Waals surface area contributed by atoms with Gasteiger partial charge in [0.25, 0.3) is 8.32 Å². The van der Waals surface area contributed by atoms with Crippen molar-refractivity contribution >= 4 is 77.1 Å². The molecular weight excluding hydrogens is 651 g/mol. The summed E-state index contributed by atoms with van der Waals surface area (Å²) in [7, 11) is -2.85. The number of carbonyl (C=O) groups excluding carboxylic acids is 3. The van der Waals surface area contributed by atoms with Gasteiger partial charge in [0.1, 0.15) is 5.82 Å². The topological polar surface area (TPSA) is 109 Å². The summed E-state index contributed by atoms with van der Waals surface area (Å²) in [5.74, 6) is -0.490.